The Hall–Kier alpha value is -3.71. The molecule has 0 radical (unpaired) electrons. The largest absolute Gasteiger partial charge is 0.493 e. The molecule has 0 atom stereocenters. The van der Waals surface area contributed by atoms with E-state index in [-0.39, 0.29) is 11.6 Å². The Bertz CT molecular complexity index is 1040. The molecule has 2 amide bonds. The minimum atomic E-state index is -0.530. The number of rotatable bonds is 8. The maximum absolute atomic E-state index is 12.7. The number of hydrogen-bond acceptors (Lipinski definition) is 5. The molecule has 7 heteroatoms. The maximum atomic E-state index is 12.7. The SMILES string of the molecule is CCOc1ccccc1C=NNC(=O)C(=Cc1cccs1)NC(=O)c1ccccc1. The summed E-state index contributed by atoms with van der Waals surface area (Å²) in [7, 11) is 0. The number of hydrogen-bond donors (Lipinski definition) is 2. The molecule has 1 aromatic heterocycles. The fourth-order valence-electron chi connectivity index (χ4n) is 2.55. The third-order valence-corrected chi connectivity index (χ3v) is 4.77. The Labute approximate surface area is 178 Å². The van der Waals surface area contributed by atoms with E-state index in [4.69, 9.17) is 4.74 Å². The summed E-state index contributed by atoms with van der Waals surface area (Å²) in [4.78, 5) is 26.1. The van der Waals surface area contributed by atoms with E-state index in [1.807, 2.05) is 54.8 Å². The summed E-state index contributed by atoms with van der Waals surface area (Å²) in [5.41, 5.74) is 3.75. The molecular formula is C23H21N3O3S. The van der Waals surface area contributed by atoms with E-state index in [2.05, 4.69) is 15.8 Å². The van der Waals surface area contributed by atoms with Gasteiger partial charge in [0.15, 0.2) is 0 Å². The van der Waals surface area contributed by atoms with Crippen LogP contribution in [0.2, 0.25) is 0 Å². The first-order chi connectivity index (χ1) is 14.7. The van der Waals surface area contributed by atoms with Gasteiger partial charge in [-0.15, -0.1) is 11.3 Å². The van der Waals surface area contributed by atoms with Crippen molar-refractivity contribution in [2.24, 2.45) is 5.10 Å². The van der Waals surface area contributed by atoms with E-state index in [1.165, 1.54) is 17.6 Å². The molecule has 152 valence electrons. The van der Waals surface area contributed by atoms with E-state index < -0.39 is 5.91 Å². The number of carbonyl (C=O) groups excluding carboxylic acids is 2. The second kappa shape index (κ2) is 10.7. The molecule has 30 heavy (non-hydrogen) atoms. The van der Waals surface area contributed by atoms with Gasteiger partial charge in [0, 0.05) is 16.0 Å². The van der Waals surface area contributed by atoms with Gasteiger partial charge in [-0.2, -0.15) is 5.10 Å². The summed E-state index contributed by atoms with van der Waals surface area (Å²) >= 11 is 1.46. The fourth-order valence-corrected chi connectivity index (χ4v) is 3.21. The van der Waals surface area contributed by atoms with Gasteiger partial charge in [-0.25, -0.2) is 5.43 Å². The topological polar surface area (TPSA) is 79.8 Å². The molecule has 0 saturated carbocycles. The van der Waals surface area contributed by atoms with E-state index in [0.29, 0.717) is 17.9 Å². The van der Waals surface area contributed by atoms with E-state index in [1.54, 1.807) is 30.3 Å². The average molecular weight is 420 g/mol. The smallest absolute Gasteiger partial charge is 0.287 e. The Morgan fingerprint density at radius 3 is 2.53 bits per heavy atom. The molecule has 0 fully saturated rings. The van der Waals surface area contributed by atoms with Crippen molar-refractivity contribution < 1.29 is 14.3 Å². The molecular weight excluding hydrogens is 398 g/mol. The lowest BCUT2D eigenvalue weighted by Gasteiger charge is -2.09. The number of nitrogens with one attached hydrogen (secondary N) is 2. The van der Waals surface area contributed by atoms with E-state index in [0.717, 1.165) is 10.4 Å². The van der Waals surface area contributed by atoms with Crippen LogP contribution in [0.15, 0.2) is 82.9 Å². The number of para-hydroxylation sites is 1. The highest BCUT2D eigenvalue weighted by Crippen LogP contribution is 2.16. The molecule has 2 N–H and O–H groups in total. The highest BCUT2D eigenvalue weighted by Gasteiger charge is 2.14. The minimum absolute atomic E-state index is 0.0987. The number of carbonyl (C=O) groups is 2. The predicted octanol–water partition coefficient (Wildman–Crippen LogP) is 4.07. The van der Waals surface area contributed by atoms with Gasteiger partial charge in [0.25, 0.3) is 11.8 Å². The van der Waals surface area contributed by atoms with Gasteiger partial charge in [0.1, 0.15) is 11.4 Å². The van der Waals surface area contributed by atoms with Crippen molar-refractivity contribution in [3.63, 3.8) is 0 Å². The molecule has 3 aromatic rings. The lowest BCUT2D eigenvalue weighted by molar-refractivity contribution is -0.117. The Kier molecular flexibility index (Phi) is 7.51. The number of amides is 2. The fraction of sp³-hybridized carbons (Fsp3) is 0.0870. The van der Waals surface area contributed by atoms with Crippen molar-refractivity contribution in [1.82, 2.24) is 10.7 Å². The van der Waals surface area contributed by atoms with Crippen molar-refractivity contribution in [2.75, 3.05) is 6.61 Å². The second-order valence-corrected chi connectivity index (χ2v) is 7.04. The van der Waals surface area contributed by atoms with Crippen LogP contribution in [0.3, 0.4) is 0 Å². The highest BCUT2D eigenvalue weighted by atomic mass is 32.1. The molecule has 1 heterocycles. The van der Waals surface area contributed by atoms with Crippen LogP contribution >= 0.6 is 11.3 Å². The highest BCUT2D eigenvalue weighted by molar-refractivity contribution is 7.10. The van der Waals surface area contributed by atoms with Gasteiger partial charge in [-0.05, 0) is 48.7 Å². The zero-order valence-corrected chi connectivity index (χ0v) is 17.2. The van der Waals surface area contributed by atoms with Crippen molar-refractivity contribution in [3.05, 3.63) is 93.8 Å². The average Bonchev–Trinajstić information content (AvgIpc) is 3.28. The summed E-state index contributed by atoms with van der Waals surface area (Å²) in [6.07, 6.45) is 3.12. The van der Waals surface area contributed by atoms with Crippen LogP contribution in [0, 0.1) is 0 Å². The molecule has 0 saturated heterocycles. The van der Waals surface area contributed by atoms with Crippen LogP contribution in [0.4, 0.5) is 0 Å². The first-order valence-electron chi connectivity index (χ1n) is 9.34. The first kappa shape index (κ1) is 21.0. The number of nitrogens with zero attached hydrogens (tertiary/aromatic N) is 1. The molecule has 0 aliphatic rings. The first-order valence-corrected chi connectivity index (χ1v) is 10.2. The van der Waals surface area contributed by atoms with E-state index >= 15 is 0 Å². The Morgan fingerprint density at radius 2 is 1.80 bits per heavy atom. The predicted molar refractivity (Wildman–Crippen MR) is 120 cm³/mol. The van der Waals surface area contributed by atoms with Crippen LogP contribution in [0.25, 0.3) is 6.08 Å². The van der Waals surface area contributed by atoms with Crippen molar-refractivity contribution >= 4 is 35.4 Å². The quantitative estimate of drug-likeness (QED) is 0.328. The lowest BCUT2D eigenvalue weighted by Crippen LogP contribution is -2.32. The van der Waals surface area contributed by atoms with Crippen molar-refractivity contribution in [3.8, 4) is 5.75 Å². The molecule has 0 aliphatic heterocycles. The minimum Gasteiger partial charge on any atom is -0.493 e. The van der Waals surface area contributed by atoms with Crippen LogP contribution in [-0.4, -0.2) is 24.6 Å². The van der Waals surface area contributed by atoms with Gasteiger partial charge in [-0.1, -0.05) is 36.4 Å². The van der Waals surface area contributed by atoms with Gasteiger partial charge in [0.05, 0.1) is 12.8 Å². The Morgan fingerprint density at radius 1 is 1.03 bits per heavy atom. The van der Waals surface area contributed by atoms with Gasteiger partial charge < -0.3 is 10.1 Å². The molecule has 2 aromatic carbocycles. The summed E-state index contributed by atoms with van der Waals surface area (Å²) in [6, 6.07) is 19.8. The normalized spacial score (nSPS) is 11.3. The number of thiophene rings is 1. The number of hydrazone groups is 1. The summed E-state index contributed by atoms with van der Waals surface area (Å²) in [5, 5.41) is 8.58. The third kappa shape index (κ3) is 5.89. The molecule has 0 bridgehead atoms. The van der Waals surface area contributed by atoms with Crippen LogP contribution in [0.5, 0.6) is 5.75 Å². The molecule has 3 rings (SSSR count). The number of benzene rings is 2. The summed E-state index contributed by atoms with van der Waals surface area (Å²) < 4.78 is 5.54. The van der Waals surface area contributed by atoms with Crippen LogP contribution in [-0.2, 0) is 4.79 Å². The van der Waals surface area contributed by atoms with Crippen LogP contribution < -0.4 is 15.5 Å². The second-order valence-electron chi connectivity index (χ2n) is 6.06. The number of ether oxygens (including phenoxy) is 1. The van der Waals surface area contributed by atoms with Gasteiger partial charge in [0.2, 0.25) is 0 Å². The maximum Gasteiger partial charge on any atom is 0.287 e. The van der Waals surface area contributed by atoms with Crippen LogP contribution in [0.1, 0.15) is 27.7 Å². The van der Waals surface area contributed by atoms with Gasteiger partial charge >= 0.3 is 0 Å². The van der Waals surface area contributed by atoms with E-state index in [9.17, 15) is 9.59 Å². The summed E-state index contributed by atoms with van der Waals surface area (Å²) in [5.74, 6) is -0.234. The van der Waals surface area contributed by atoms with Crippen molar-refractivity contribution in [1.29, 1.82) is 0 Å². The molecule has 0 spiro atoms. The zero-order valence-electron chi connectivity index (χ0n) is 16.4. The summed E-state index contributed by atoms with van der Waals surface area (Å²) in [6.45, 7) is 2.42. The lowest BCUT2D eigenvalue weighted by atomic mass is 10.2. The molecule has 0 unspecified atom stereocenters. The molecule has 6 nitrogen and oxygen atoms in total. The van der Waals surface area contributed by atoms with Gasteiger partial charge in [-0.3, -0.25) is 9.59 Å². The standard InChI is InChI=1S/C23H21N3O3S/c1-2-29-21-13-7-6-11-18(21)16-24-26-23(28)20(15-19-12-8-14-30-19)25-22(27)17-9-4-3-5-10-17/h3-16H,2H2,1H3,(H,25,27)(H,26,28). The third-order valence-electron chi connectivity index (χ3n) is 3.95. The monoisotopic (exact) mass is 419 g/mol. The Balaban J connectivity index is 1.75. The van der Waals surface area contributed by atoms with Crippen molar-refractivity contribution in [2.45, 2.75) is 6.92 Å². The molecule has 0 aliphatic carbocycles. The zero-order chi connectivity index (χ0) is 21.2.